The Balaban J connectivity index is 1.75. The van der Waals surface area contributed by atoms with E-state index < -0.39 is 16.4 Å². The summed E-state index contributed by atoms with van der Waals surface area (Å²) in [6.07, 6.45) is 5.73. The topological polar surface area (TPSA) is 69.6 Å². The van der Waals surface area contributed by atoms with E-state index in [4.69, 9.17) is 11.6 Å². The molecule has 2 unspecified atom stereocenters. The van der Waals surface area contributed by atoms with E-state index in [-0.39, 0.29) is 18.9 Å². The van der Waals surface area contributed by atoms with Gasteiger partial charge < -0.3 is 15.3 Å². The fourth-order valence-electron chi connectivity index (χ4n) is 2.59. The predicted octanol–water partition coefficient (Wildman–Crippen LogP) is 3.66. The van der Waals surface area contributed by atoms with Crippen molar-refractivity contribution in [3.05, 3.63) is 59.7 Å². The zero-order valence-corrected chi connectivity index (χ0v) is 17.0. The Hall–Kier alpha value is -0.170. The molecule has 0 bridgehead atoms. The normalized spacial score (nSPS) is 24.2. The van der Waals surface area contributed by atoms with Crippen molar-refractivity contribution in [1.29, 1.82) is 0 Å². The van der Waals surface area contributed by atoms with Gasteiger partial charge in [0, 0.05) is 25.7 Å². The summed E-state index contributed by atoms with van der Waals surface area (Å²) in [6.45, 7) is 0.879. The Morgan fingerprint density at radius 1 is 1.38 bits per heavy atom. The molecule has 0 fully saturated rings. The van der Waals surface area contributed by atoms with Crippen LogP contribution in [0.2, 0.25) is 0 Å². The lowest BCUT2D eigenvalue weighted by molar-refractivity contribution is 0.191. The summed E-state index contributed by atoms with van der Waals surface area (Å²) < 4.78 is 11.9. The van der Waals surface area contributed by atoms with Gasteiger partial charge in [-0.25, -0.2) is 0 Å². The Bertz CT molecular complexity index is 648. The van der Waals surface area contributed by atoms with Crippen molar-refractivity contribution in [3.8, 4) is 0 Å². The second-order valence-corrected chi connectivity index (χ2v) is 11.7. The van der Waals surface area contributed by atoms with Gasteiger partial charge in [0.25, 0.3) is 0 Å². The zero-order valence-electron chi connectivity index (χ0n) is 13.2. The van der Waals surface area contributed by atoms with Crippen LogP contribution in [0.1, 0.15) is 12.0 Å². The molecule has 24 heavy (non-hydrogen) atoms. The molecular weight excluding hydrogens is 460 g/mol. The Morgan fingerprint density at radius 3 is 2.75 bits per heavy atom. The molecule has 1 aromatic carbocycles. The molecule has 3 N–H and O–H groups in total. The van der Waals surface area contributed by atoms with Crippen LogP contribution in [-0.2, 0) is 10.7 Å². The van der Waals surface area contributed by atoms with Gasteiger partial charge in [0.1, 0.15) is 2.88 Å². The third kappa shape index (κ3) is 7.38. The zero-order chi connectivity index (χ0) is 17.6. The molecule has 7 heteroatoms. The molecule has 0 amide bonds. The van der Waals surface area contributed by atoms with Gasteiger partial charge in [-0.2, -0.15) is 0 Å². The summed E-state index contributed by atoms with van der Waals surface area (Å²) in [5, 5.41) is 13.2. The summed E-state index contributed by atoms with van der Waals surface area (Å²) in [6, 6.07) is 9.18. The fraction of sp³-hybridized carbons (Fsp3) is 0.412. The minimum absolute atomic E-state index is 0.0877. The van der Waals surface area contributed by atoms with Gasteiger partial charge in [0.15, 0.2) is 0 Å². The third-order valence-corrected chi connectivity index (χ3v) is 6.49. The van der Waals surface area contributed by atoms with Gasteiger partial charge in [-0.3, -0.25) is 4.57 Å². The molecule has 132 valence electrons. The highest BCUT2D eigenvalue weighted by Crippen LogP contribution is 2.44. The highest BCUT2D eigenvalue weighted by molar-refractivity contribution is 14.1. The predicted molar refractivity (Wildman–Crippen MR) is 108 cm³/mol. The maximum Gasteiger partial charge on any atom is 0.207 e. The first-order valence-electron chi connectivity index (χ1n) is 7.74. The first-order chi connectivity index (χ1) is 11.3. The van der Waals surface area contributed by atoms with E-state index in [0.29, 0.717) is 6.54 Å². The average molecular weight is 482 g/mol. The highest BCUT2D eigenvalue weighted by Gasteiger charge is 2.25. The highest BCUT2D eigenvalue weighted by atomic mass is 127. The van der Waals surface area contributed by atoms with Crippen molar-refractivity contribution >= 4 is 41.6 Å². The molecule has 0 aromatic heterocycles. The monoisotopic (exact) mass is 481 g/mol. The Labute approximate surface area is 161 Å². The molecule has 0 saturated carbocycles. The van der Waals surface area contributed by atoms with Crippen molar-refractivity contribution in [3.63, 3.8) is 0 Å². The minimum atomic E-state index is -3.40. The SMILES string of the molecule is O=P(O)(Cc1ccccc1)C[C@@H](O)CNCC1=CC=CC(Cl)(I)C1. The molecule has 0 saturated heterocycles. The quantitative estimate of drug-likeness (QED) is 0.301. The molecule has 1 aliphatic rings. The number of allylic oxidation sites excluding steroid dienone is 3. The van der Waals surface area contributed by atoms with Crippen molar-refractivity contribution in [2.45, 2.75) is 21.6 Å². The van der Waals surface area contributed by atoms with E-state index in [1.165, 1.54) is 0 Å². The van der Waals surface area contributed by atoms with Gasteiger partial charge in [0.05, 0.1) is 12.3 Å². The van der Waals surface area contributed by atoms with Crippen molar-refractivity contribution in [1.82, 2.24) is 5.32 Å². The maximum atomic E-state index is 12.3. The summed E-state index contributed by atoms with van der Waals surface area (Å²) in [7, 11) is -3.40. The van der Waals surface area contributed by atoms with E-state index in [1.54, 1.807) is 0 Å². The minimum Gasteiger partial charge on any atom is -0.391 e. The summed E-state index contributed by atoms with van der Waals surface area (Å²) in [4.78, 5) is 10.1. The second-order valence-electron chi connectivity index (χ2n) is 6.08. The molecule has 0 radical (unpaired) electrons. The fourth-order valence-corrected chi connectivity index (χ4v) is 5.23. The van der Waals surface area contributed by atoms with Crippen LogP contribution in [0, 0.1) is 0 Å². The lowest BCUT2D eigenvalue weighted by Gasteiger charge is -2.22. The molecule has 0 heterocycles. The standard InChI is InChI=1S/C17H22ClINO3P/c18-17(19)8-4-7-15(9-17)10-20-11-16(21)13-24(22,23)12-14-5-2-1-3-6-14/h1-8,16,20-21H,9-13H2,(H,22,23)/t16-,17?/m0/s1. The number of hydrogen-bond donors (Lipinski definition) is 3. The van der Waals surface area contributed by atoms with Crippen LogP contribution in [0.3, 0.4) is 0 Å². The molecule has 0 spiro atoms. The molecule has 1 aliphatic carbocycles. The van der Waals surface area contributed by atoms with Gasteiger partial charge >= 0.3 is 0 Å². The molecule has 2 rings (SSSR count). The Kier molecular flexibility index (Phi) is 7.53. The van der Waals surface area contributed by atoms with Crippen LogP contribution in [0.15, 0.2) is 54.1 Å². The van der Waals surface area contributed by atoms with Crippen LogP contribution >= 0.6 is 41.6 Å². The lowest BCUT2D eigenvalue weighted by atomic mass is 10.0. The van der Waals surface area contributed by atoms with Crippen LogP contribution in [0.4, 0.5) is 0 Å². The second kappa shape index (κ2) is 8.97. The van der Waals surface area contributed by atoms with Crippen molar-refractivity contribution in [2.24, 2.45) is 0 Å². The average Bonchev–Trinajstić information content (AvgIpc) is 2.46. The molecular formula is C17H22ClINO3P. The molecule has 3 atom stereocenters. The maximum absolute atomic E-state index is 12.3. The Morgan fingerprint density at radius 2 is 2.08 bits per heavy atom. The molecule has 0 aliphatic heterocycles. The van der Waals surface area contributed by atoms with Gasteiger partial charge in [0.2, 0.25) is 7.37 Å². The van der Waals surface area contributed by atoms with Gasteiger partial charge in [-0.15, -0.1) is 11.6 Å². The van der Waals surface area contributed by atoms with Gasteiger partial charge in [-0.1, -0.05) is 76.7 Å². The summed E-state index contributed by atoms with van der Waals surface area (Å²) >= 11 is 8.47. The van der Waals surface area contributed by atoms with E-state index in [9.17, 15) is 14.6 Å². The van der Waals surface area contributed by atoms with Crippen LogP contribution in [0.25, 0.3) is 0 Å². The number of rotatable bonds is 8. The van der Waals surface area contributed by atoms with Crippen LogP contribution < -0.4 is 5.32 Å². The van der Waals surface area contributed by atoms with Crippen LogP contribution in [-0.4, -0.2) is 38.2 Å². The number of alkyl halides is 2. The number of aliphatic hydroxyl groups is 1. The van der Waals surface area contributed by atoms with E-state index in [2.05, 4.69) is 27.9 Å². The number of benzene rings is 1. The largest absolute Gasteiger partial charge is 0.391 e. The van der Waals surface area contributed by atoms with E-state index >= 15 is 0 Å². The van der Waals surface area contributed by atoms with Crippen molar-refractivity contribution < 1.29 is 14.6 Å². The third-order valence-electron chi connectivity index (χ3n) is 3.64. The number of halogens is 2. The first-order valence-corrected chi connectivity index (χ1v) is 11.2. The summed E-state index contributed by atoms with van der Waals surface area (Å²) in [5.74, 6) is 0. The summed E-state index contributed by atoms with van der Waals surface area (Å²) in [5.41, 5.74) is 1.95. The molecule has 1 aromatic rings. The smallest absolute Gasteiger partial charge is 0.207 e. The van der Waals surface area contributed by atoms with Gasteiger partial charge in [-0.05, 0) is 5.56 Å². The number of aliphatic hydroxyl groups excluding tert-OH is 1. The molecule has 4 nitrogen and oxygen atoms in total. The van der Waals surface area contributed by atoms with E-state index in [0.717, 1.165) is 17.6 Å². The first kappa shape index (κ1) is 20.1. The van der Waals surface area contributed by atoms with E-state index in [1.807, 2.05) is 48.6 Å². The lowest BCUT2D eigenvalue weighted by Crippen LogP contribution is -2.31. The van der Waals surface area contributed by atoms with Crippen LogP contribution in [0.5, 0.6) is 0 Å². The van der Waals surface area contributed by atoms with Crippen molar-refractivity contribution in [2.75, 3.05) is 19.3 Å². The number of nitrogens with one attached hydrogen (secondary N) is 1. The number of hydrogen-bond acceptors (Lipinski definition) is 3.